The predicted molar refractivity (Wildman–Crippen MR) is 87.0 cm³/mol. The quantitative estimate of drug-likeness (QED) is 0.724. The standard InChI is InChI=1S/C17H17N3O2/c1-21-14-7-12(8-15(9-14)22-2)17-16(19-10-20-17)11-3-5-13(18)6-4-11/h3-10H,18H2,1-2H3,(H,19,20). The number of methoxy groups -OCH3 is 2. The average molecular weight is 295 g/mol. The Kier molecular flexibility index (Phi) is 3.70. The average Bonchev–Trinajstić information content (AvgIpc) is 3.04. The Morgan fingerprint density at radius 1 is 0.909 bits per heavy atom. The van der Waals surface area contributed by atoms with Crippen LogP contribution in [0.4, 0.5) is 5.69 Å². The molecule has 0 radical (unpaired) electrons. The summed E-state index contributed by atoms with van der Waals surface area (Å²) < 4.78 is 10.6. The molecule has 3 N–H and O–H groups in total. The molecule has 3 rings (SSSR count). The molecule has 0 atom stereocenters. The van der Waals surface area contributed by atoms with Crippen LogP contribution >= 0.6 is 0 Å². The van der Waals surface area contributed by atoms with Crippen LogP contribution in [0.5, 0.6) is 11.5 Å². The van der Waals surface area contributed by atoms with Crippen molar-refractivity contribution < 1.29 is 9.47 Å². The number of nitrogens with zero attached hydrogens (tertiary/aromatic N) is 1. The number of ether oxygens (including phenoxy) is 2. The first-order chi connectivity index (χ1) is 10.7. The SMILES string of the molecule is COc1cc(OC)cc(-c2nc[nH]c2-c2ccc(N)cc2)c1. The number of hydrogen-bond acceptors (Lipinski definition) is 4. The molecule has 22 heavy (non-hydrogen) atoms. The molecule has 5 heteroatoms. The Hall–Kier alpha value is -2.95. The van der Waals surface area contributed by atoms with Gasteiger partial charge in [0.2, 0.25) is 0 Å². The number of aromatic amines is 1. The minimum Gasteiger partial charge on any atom is -0.497 e. The maximum absolute atomic E-state index is 5.75. The van der Waals surface area contributed by atoms with Gasteiger partial charge in [-0.3, -0.25) is 0 Å². The van der Waals surface area contributed by atoms with Crippen LogP contribution in [0.1, 0.15) is 0 Å². The molecule has 0 aliphatic rings. The molecule has 0 saturated carbocycles. The Morgan fingerprint density at radius 3 is 2.14 bits per heavy atom. The van der Waals surface area contributed by atoms with E-state index in [4.69, 9.17) is 15.2 Å². The van der Waals surface area contributed by atoms with Crippen molar-refractivity contribution in [2.75, 3.05) is 20.0 Å². The number of nitrogens with one attached hydrogen (secondary N) is 1. The fraction of sp³-hybridized carbons (Fsp3) is 0.118. The second-order valence-corrected chi connectivity index (χ2v) is 4.85. The molecular formula is C17H17N3O2. The van der Waals surface area contributed by atoms with E-state index in [0.29, 0.717) is 0 Å². The van der Waals surface area contributed by atoms with Gasteiger partial charge in [0.15, 0.2) is 0 Å². The minimum atomic E-state index is 0.723. The number of aromatic nitrogens is 2. The zero-order valence-electron chi connectivity index (χ0n) is 12.5. The van der Waals surface area contributed by atoms with E-state index in [1.54, 1.807) is 20.5 Å². The first kappa shape index (κ1) is 14.0. The van der Waals surface area contributed by atoms with Crippen molar-refractivity contribution >= 4 is 5.69 Å². The zero-order valence-corrected chi connectivity index (χ0v) is 12.5. The highest BCUT2D eigenvalue weighted by Gasteiger charge is 2.13. The van der Waals surface area contributed by atoms with Crippen LogP contribution < -0.4 is 15.2 Å². The molecule has 0 saturated heterocycles. The smallest absolute Gasteiger partial charge is 0.123 e. The van der Waals surface area contributed by atoms with E-state index in [1.807, 2.05) is 42.5 Å². The molecule has 3 aromatic rings. The highest BCUT2D eigenvalue weighted by atomic mass is 16.5. The highest BCUT2D eigenvalue weighted by molar-refractivity contribution is 5.79. The van der Waals surface area contributed by atoms with Crippen molar-refractivity contribution in [1.29, 1.82) is 0 Å². The van der Waals surface area contributed by atoms with Gasteiger partial charge in [-0.1, -0.05) is 12.1 Å². The second kappa shape index (κ2) is 5.81. The van der Waals surface area contributed by atoms with E-state index in [-0.39, 0.29) is 0 Å². The summed E-state index contributed by atoms with van der Waals surface area (Å²) in [4.78, 5) is 7.62. The van der Waals surface area contributed by atoms with Crippen LogP contribution in [-0.2, 0) is 0 Å². The van der Waals surface area contributed by atoms with Crippen molar-refractivity contribution in [3.63, 3.8) is 0 Å². The number of H-pyrrole nitrogens is 1. The lowest BCUT2D eigenvalue weighted by Gasteiger charge is -2.09. The third-order valence-electron chi connectivity index (χ3n) is 3.46. The van der Waals surface area contributed by atoms with Crippen molar-refractivity contribution in [2.24, 2.45) is 0 Å². The third-order valence-corrected chi connectivity index (χ3v) is 3.46. The van der Waals surface area contributed by atoms with Crippen molar-refractivity contribution in [3.05, 3.63) is 48.8 Å². The van der Waals surface area contributed by atoms with E-state index >= 15 is 0 Å². The summed E-state index contributed by atoms with van der Waals surface area (Å²) in [5.41, 5.74) is 10.2. The van der Waals surface area contributed by atoms with Gasteiger partial charge in [-0.15, -0.1) is 0 Å². The summed E-state index contributed by atoms with van der Waals surface area (Å²) in [6.45, 7) is 0. The van der Waals surface area contributed by atoms with Gasteiger partial charge >= 0.3 is 0 Å². The van der Waals surface area contributed by atoms with Crippen molar-refractivity contribution in [2.45, 2.75) is 0 Å². The van der Waals surface area contributed by atoms with Crippen molar-refractivity contribution in [3.8, 4) is 34.0 Å². The maximum atomic E-state index is 5.75. The fourth-order valence-electron chi connectivity index (χ4n) is 2.33. The molecule has 0 amide bonds. The lowest BCUT2D eigenvalue weighted by Crippen LogP contribution is -1.90. The van der Waals surface area contributed by atoms with Crippen LogP contribution in [0.2, 0.25) is 0 Å². The first-order valence-corrected chi connectivity index (χ1v) is 6.84. The van der Waals surface area contributed by atoms with Gasteiger partial charge in [0.05, 0.1) is 31.9 Å². The molecule has 1 heterocycles. The Morgan fingerprint density at radius 2 is 1.55 bits per heavy atom. The molecule has 0 spiro atoms. The molecule has 5 nitrogen and oxygen atoms in total. The second-order valence-electron chi connectivity index (χ2n) is 4.85. The van der Waals surface area contributed by atoms with Gasteiger partial charge in [0.1, 0.15) is 11.5 Å². The molecule has 0 aliphatic heterocycles. The van der Waals surface area contributed by atoms with Crippen LogP contribution in [0, 0.1) is 0 Å². The molecule has 0 aliphatic carbocycles. The number of anilines is 1. The van der Waals surface area contributed by atoms with E-state index in [1.165, 1.54) is 0 Å². The van der Waals surface area contributed by atoms with E-state index in [9.17, 15) is 0 Å². The zero-order chi connectivity index (χ0) is 15.5. The van der Waals surface area contributed by atoms with E-state index in [0.717, 1.165) is 39.7 Å². The number of hydrogen-bond donors (Lipinski definition) is 2. The predicted octanol–water partition coefficient (Wildman–Crippen LogP) is 3.34. The number of nitrogens with two attached hydrogens (primary N) is 1. The van der Waals surface area contributed by atoms with Gasteiger partial charge in [-0.05, 0) is 24.3 Å². The van der Waals surface area contributed by atoms with Gasteiger partial charge in [0, 0.05) is 22.9 Å². The molecule has 0 bridgehead atoms. The van der Waals surface area contributed by atoms with Crippen LogP contribution in [-0.4, -0.2) is 24.2 Å². The fourth-order valence-corrected chi connectivity index (χ4v) is 2.33. The van der Waals surface area contributed by atoms with E-state index < -0.39 is 0 Å². The molecule has 0 fully saturated rings. The number of nitrogen functional groups attached to an aromatic ring is 1. The monoisotopic (exact) mass is 295 g/mol. The van der Waals surface area contributed by atoms with Gasteiger partial charge in [-0.2, -0.15) is 0 Å². The van der Waals surface area contributed by atoms with Gasteiger partial charge in [0.25, 0.3) is 0 Å². The highest BCUT2D eigenvalue weighted by Crippen LogP contribution is 2.34. The summed E-state index contributed by atoms with van der Waals surface area (Å²) in [5.74, 6) is 1.45. The van der Waals surface area contributed by atoms with Crippen LogP contribution in [0.25, 0.3) is 22.5 Å². The summed E-state index contributed by atoms with van der Waals surface area (Å²) in [7, 11) is 3.26. The minimum absolute atomic E-state index is 0.723. The number of rotatable bonds is 4. The van der Waals surface area contributed by atoms with Crippen LogP contribution in [0.15, 0.2) is 48.8 Å². The Labute approximate surface area is 128 Å². The lowest BCUT2D eigenvalue weighted by molar-refractivity contribution is 0.394. The number of imidazole rings is 1. The normalized spacial score (nSPS) is 10.5. The Balaban J connectivity index is 2.10. The summed E-state index contributed by atoms with van der Waals surface area (Å²) in [6, 6.07) is 13.4. The van der Waals surface area contributed by atoms with Gasteiger partial charge in [-0.25, -0.2) is 4.98 Å². The van der Waals surface area contributed by atoms with Crippen LogP contribution in [0.3, 0.4) is 0 Å². The maximum Gasteiger partial charge on any atom is 0.123 e. The first-order valence-electron chi connectivity index (χ1n) is 6.84. The summed E-state index contributed by atoms with van der Waals surface area (Å²) in [6.07, 6.45) is 1.67. The number of benzene rings is 2. The van der Waals surface area contributed by atoms with E-state index in [2.05, 4.69) is 9.97 Å². The summed E-state index contributed by atoms with van der Waals surface area (Å²) >= 11 is 0. The molecular weight excluding hydrogens is 278 g/mol. The van der Waals surface area contributed by atoms with Crippen molar-refractivity contribution in [1.82, 2.24) is 9.97 Å². The third kappa shape index (κ3) is 2.61. The molecule has 0 unspecified atom stereocenters. The summed E-state index contributed by atoms with van der Waals surface area (Å²) in [5, 5.41) is 0. The largest absolute Gasteiger partial charge is 0.497 e. The molecule has 112 valence electrons. The molecule has 1 aromatic heterocycles. The van der Waals surface area contributed by atoms with Gasteiger partial charge < -0.3 is 20.2 Å². The molecule has 2 aromatic carbocycles. The Bertz CT molecular complexity index is 757. The lowest BCUT2D eigenvalue weighted by atomic mass is 10.0. The topological polar surface area (TPSA) is 73.2 Å².